The number of hydrogen-bond donors (Lipinski definition) is 1. The van der Waals surface area contributed by atoms with E-state index in [2.05, 4.69) is 5.10 Å². The van der Waals surface area contributed by atoms with Crippen molar-refractivity contribution in [2.24, 2.45) is 0 Å². The number of anilines is 1. The first-order valence-electron chi connectivity index (χ1n) is 6.87. The lowest BCUT2D eigenvalue weighted by Gasteiger charge is -2.24. The Morgan fingerprint density at radius 2 is 2.19 bits per heavy atom. The summed E-state index contributed by atoms with van der Waals surface area (Å²) in [4.78, 5) is 10.8. The summed E-state index contributed by atoms with van der Waals surface area (Å²) in [5, 5.41) is 15.4. The SMILES string of the molecule is Nc1ccccc1-c1c([N+](=O)[O-])cnn1C1CCCCO1. The summed E-state index contributed by atoms with van der Waals surface area (Å²) in [6.45, 7) is 0.641. The van der Waals surface area contributed by atoms with Gasteiger partial charge in [-0.1, -0.05) is 18.2 Å². The zero-order valence-electron chi connectivity index (χ0n) is 11.4. The predicted octanol–water partition coefficient (Wildman–Crippen LogP) is 2.74. The van der Waals surface area contributed by atoms with Gasteiger partial charge in [0.15, 0.2) is 11.9 Å². The summed E-state index contributed by atoms with van der Waals surface area (Å²) in [7, 11) is 0. The van der Waals surface area contributed by atoms with Crippen molar-refractivity contribution in [3.8, 4) is 11.3 Å². The zero-order chi connectivity index (χ0) is 14.8. The largest absolute Gasteiger partial charge is 0.398 e. The maximum atomic E-state index is 11.3. The highest BCUT2D eigenvalue weighted by Crippen LogP contribution is 2.37. The zero-order valence-corrected chi connectivity index (χ0v) is 11.4. The van der Waals surface area contributed by atoms with Gasteiger partial charge >= 0.3 is 5.69 Å². The molecule has 1 aliphatic heterocycles. The van der Waals surface area contributed by atoms with Gasteiger partial charge in [-0.3, -0.25) is 10.1 Å². The van der Waals surface area contributed by atoms with E-state index in [4.69, 9.17) is 10.5 Å². The number of aromatic nitrogens is 2. The third-order valence-corrected chi connectivity index (χ3v) is 3.62. The highest BCUT2D eigenvalue weighted by atomic mass is 16.6. The fraction of sp³-hybridized carbons (Fsp3) is 0.357. The van der Waals surface area contributed by atoms with Gasteiger partial charge in [0.2, 0.25) is 0 Å². The molecule has 1 aromatic heterocycles. The number of nitro groups is 1. The van der Waals surface area contributed by atoms with Crippen LogP contribution in [0, 0.1) is 10.1 Å². The molecule has 0 amide bonds. The van der Waals surface area contributed by atoms with Crippen LogP contribution in [0.3, 0.4) is 0 Å². The number of benzene rings is 1. The first kappa shape index (κ1) is 13.6. The van der Waals surface area contributed by atoms with E-state index in [0.717, 1.165) is 19.3 Å². The topological polar surface area (TPSA) is 96.2 Å². The van der Waals surface area contributed by atoms with Crippen LogP contribution in [0.4, 0.5) is 11.4 Å². The van der Waals surface area contributed by atoms with E-state index in [1.165, 1.54) is 6.20 Å². The van der Waals surface area contributed by atoms with E-state index in [0.29, 0.717) is 23.6 Å². The molecule has 0 radical (unpaired) electrons. The summed E-state index contributed by atoms with van der Waals surface area (Å²) < 4.78 is 7.28. The molecule has 2 N–H and O–H groups in total. The highest BCUT2D eigenvalue weighted by molar-refractivity contribution is 5.79. The molecule has 21 heavy (non-hydrogen) atoms. The molecule has 0 spiro atoms. The Balaban J connectivity index is 2.13. The van der Waals surface area contributed by atoms with Crippen LogP contribution < -0.4 is 5.73 Å². The number of nitrogens with zero attached hydrogens (tertiary/aromatic N) is 3. The van der Waals surface area contributed by atoms with Crippen LogP contribution in [0.5, 0.6) is 0 Å². The van der Waals surface area contributed by atoms with Crippen molar-refractivity contribution in [1.29, 1.82) is 0 Å². The first-order valence-corrected chi connectivity index (χ1v) is 6.87. The van der Waals surface area contributed by atoms with Crippen LogP contribution in [0.1, 0.15) is 25.5 Å². The summed E-state index contributed by atoms with van der Waals surface area (Å²) in [5.41, 5.74) is 7.42. The summed E-state index contributed by atoms with van der Waals surface area (Å²) in [6.07, 6.45) is 3.80. The quantitative estimate of drug-likeness (QED) is 0.532. The van der Waals surface area contributed by atoms with Crippen molar-refractivity contribution in [3.63, 3.8) is 0 Å². The van der Waals surface area contributed by atoms with Crippen LogP contribution in [0.25, 0.3) is 11.3 Å². The van der Waals surface area contributed by atoms with Crippen molar-refractivity contribution in [3.05, 3.63) is 40.6 Å². The number of nitrogens with two attached hydrogens (primary N) is 1. The molecule has 1 unspecified atom stereocenters. The molecule has 7 heteroatoms. The molecule has 3 rings (SSSR count). The Morgan fingerprint density at radius 1 is 1.38 bits per heavy atom. The molecule has 0 saturated carbocycles. The Kier molecular flexibility index (Phi) is 3.57. The molecule has 1 fully saturated rings. The summed E-state index contributed by atoms with van der Waals surface area (Å²) in [6, 6.07) is 7.08. The lowest BCUT2D eigenvalue weighted by molar-refractivity contribution is -0.384. The van der Waals surface area contributed by atoms with E-state index in [1.807, 2.05) is 0 Å². The molecular weight excluding hydrogens is 272 g/mol. The van der Waals surface area contributed by atoms with Crippen molar-refractivity contribution in [2.45, 2.75) is 25.5 Å². The molecule has 0 bridgehead atoms. The van der Waals surface area contributed by atoms with Crippen molar-refractivity contribution >= 4 is 11.4 Å². The second-order valence-corrected chi connectivity index (χ2v) is 4.99. The molecule has 0 aliphatic carbocycles. The van der Waals surface area contributed by atoms with E-state index in [9.17, 15) is 10.1 Å². The standard InChI is InChI=1S/C14H16N4O3/c15-11-6-2-1-5-10(11)14-12(18(19)20)9-16-17(14)13-7-3-4-8-21-13/h1-2,5-6,9,13H,3-4,7-8,15H2. The maximum absolute atomic E-state index is 11.3. The molecule has 110 valence electrons. The molecule has 1 saturated heterocycles. The van der Waals surface area contributed by atoms with E-state index >= 15 is 0 Å². The van der Waals surface area contributed by atoms with Crippen LogP contribution in [0.15, 0.2) is 30.5 Å². The number of ether oxygens (including phenoxy) is 1. The fourth-order valence-electron chi connectivity index (χ4n) is 2.60. The summed E-state index contributed by atoms with van der Waals surface area (Å²) >= 11 is 0. The molecule has 2 heterocycles. The number of hydrogen-bond acceptors (Lipinski definition) is 5. The van der Waals surface area contributed by atoms with Crippen molar-refractivity contribution in [2.75, 3.05) is 12.3 Å². The minimum Gasteiger partial charge on any atom is -0.398 e. The van der Waals surface area contributed by atoms with Crippen molar-refractivity contribution in [1.82, 2.24) is 9.78 Å². The maximum Gasteiger partial charge on any atom is 0.315 e. The average Bonchev–Trinajstić information content (AvgIpc) is 2.93. The number of rotatable bonds is 3. The lowest BCUT2D eigenvalue weighted by atomic mass is 10.1. The monoisotopic (exact) mass is 288 g/mol. The second-order valence-electron chi connectivity index (χ2n) is 4.99. The Bertz CT molecular complexity index is 662. The van der Waals surface area contributed by atoms with Crippen LogP contribution in [-0.4, -0.2) is 21.3 Å². The molecule has 1 aromatic carbocycles. The molecular formula is C14H16N4O3. The fourth-order valence-corrected chi connectivity index (χ4v) is 2.60. The van der Waals surface area contributed by atoms with Gasteiger partial charge in [0.05, 0.1) is 4.92 Å². The Labute approximate surface area is 121 Å². The molecule has 7 nitrogen and oxygen atoms in total. The number of para-hydroxylation sites is 1. The van der Waals surface area contributed by atoms with Gasteiger partial charge in [0, 0.05) is 17.9 Å². The Morgan fingerprint density at radius 3 is 2.86 bits per heavy atom. The minimum atomic E-state index is -0.436. The van der Waals surface area contributed by atoms with Crippen LogP contribution in [0.2, 0.25) is 0 Å². The molecule has 1 aliphatic rings. The Hall–Kier alpha value is -2.41. The minimum absolute atomic E-state index is 0.0536. The van der Waals surface area contributed by atoms with Gasteiger partial charge in [-0.15, -0.1) is 0 Å². The smallest absolute Gasteiger partial charge is 0.315 e. The predicted molar refractivity (Wildman–Crippen MR) is 77.6 cm³/mol. The second kappa shape index (κ2) is 5.53. The van der Waals surface area contributed by atoms with Gasteiger partial charge in [-0.05, 0) is 25.3 Å². The van der Waals surface area contributed by atoms with Gasteiger partial charge in [0.25, 0.3) is 0 Å². The van der Waals surface area contributed by atoms with E-state index < -0.39 is 4.92 Å². The lowest BCUT2D eigenvalue weighted by Crippen LogP contribution is -2.20. The van der Waals surface area contributed by atoms with Crippen molar-refractivity contribution < 1.29 is 9.66 Å². The summed E-state index contributed by atoms with van der Waals surface area (Å²) in [5.74, 6) is 0. The van der Waals surface area contributed by atoms with E-state index in [-0.39, 0.29) is 11.9 Å². The van der Waals surface area contributed by atoms with Gasteiger partial charge in [-0.25, -0.2) is 4.68 Å². The first-order chi connectivity index (χ1) is 10.2. The normalized spacial score (nSPS) is 18.6. The van der Waals surface area contributed by atoms with Gasteiger partial charge < -0.3 is 10.5 Å². The highest BCUT2D eigenvalue weighted by Gasteiger charge is 2.28. The average molecular weight is 288 g/mol. The third kappa shape index (κ3) is 2.47. The third-order valence-electron chi connectivity index (χ3n) is 3.62. The van der Waals surface area contributed by atoms with Gasteiger partial charge in [-0.2, -0.15) is 5.10 Å². The van der Waals surface area contributed by atoms with Gasteiger partial charge in [0.1, 0.15) is 6.20 Å². The van der Waals surface area contributed by atoms with Crippen LogP contribution in [-0.2, 0) is 4.74 Å². The van der Waals surface area contributed by atoms with E-state index in [1.54, 1.807) is 28.9 Å². The molecule has 1 atom stereocenters. The molecule has 2 aromatic rings. The van der Waals surface area contributed by atoms with Crippen LogP contribution >= 0.6 is 0 Å². The number of nitrogen functional groups attached to an aromatic ring is 1.